The maximum Gasteiger partial charge on any atom is 0.191 e. The Morgan fingerprint density at radius 2 is 2.03 bits per heavy atom. The van der Waals surface area contributed by atoms with Crippen LogP contribution < -0.4 is 16.0 Å². The molecule has 156 valence electrons. The molecule has 3 rings (SSSR count). The Bertz CT molecular complexity index is 953. The van der Waals surface area contributed by atoms with Gasteiger partial charge in [0.1, 0.15) is 12.1 Å². The molecule has 0 spiro atoms. The van der Waals surface area contributed by atoms with Gasteiger partial charge >= 0.3 is 0 Å². The standard InChI is InChI=1S/C20H28N8.HI/c1-14-6-5-7-16(10-14)15(2)11-24-20(21-3)23-9-8-22-18-17-12-27-28(4)19(17)26-13-25-18;/h5-7,10,12-13,15H,8-9,11H2,1-4H3,(H2,21,23,24)(H,22,25,26);1H. The van der Waals surface area contributed by atoms with Gasteiger partial charge < -0.3 is 16.0 Å². The first-order chi connectivity index (χ1) is 13.6. The zero-order valence-corrected chi connectivity index (χ0v) is 19.6. The zero-order valence-electron chi connectivity index (χ0n) is 17.3. The third-order valence-corrected chi connectivity index (χ3v) is 4.65. The quantitative estimate of drug-likeness (QED) is 0.197. The van der Waals surface area contributed by atoms with E-state index in [1.807, 2.05) is 7.05 Å². The Labute approximate surface area is 188 Å². The van der Waals surface area contributed by atoms with Crippen molar-refractivity contribution in [1.29, 1.82) is 0 Å². The summed E-state index contributed by atoms with van der Waals surface area (Å²) in [5.41, 5.74) is 3.42. The van der Waals surface area contributed by atoms with Crippen molar-refractivity contribution in [3.05, 3.63) is 47.9 Å². The van der Waals surface area contributed by atoms with E-state index in [1.54, 1.807) is 24.3 Å². The van der Waals surface area contributed by atoms with Crippen molar-refractivity contribution < 1.29 is 0 Å². The minimum atomic E-state index is 0. The summed E-state index contributed by atoms with van der Waals surface area (Å²) >= 11 is 0. The number of aryl methyl sites for hydroxylation is 2. The van der Waals surface area contributed by atoms with Crippen molar-refractivity contribution in [3.8, 4) is 0 Å². The summed E-state index contributed by atoms with van der Waals surface area (Å²) in [5, 5.41) is 15.2. The monoisotopic (exact) mass is 508 g/mol. The van der Waals surface area contributed by atoms with Crippen molar-refractivity contribution in [1.82, 2.24) is 30.4 Å². The number of guanidine groups is 1. The van der Waals surface area contributed by atoms with Crippen molar-refractivity contribution in [2.75, 3.05) is 32.0 Å². The molecule has 3 N–H and O–H groups in total. The molecule has 2 aromatic heterocycles. The summed E-state index contributed by atoms with van der Waals surface area (Å²) in [4.78, 5) is 12.9. The number of benzene rings is 1. The van der Waals surface area contributed by atoms with Gasteiger partial charge in [-0.2, -0.15) is 5.10 Å². The lowest BCUT2D eigenvalue weighted by atomic mass is 9.99. The van der Waals surface area contributed by atoms with E-state index in [0.29, 0.717) is 19.0 Å². The van der Waals surface area contributed by atoms with E-state index in [-0.39, 0.29) is 24.0 Å². The van der Waals surface area contributed by atoms with E-state index in [4.69, 9.17) is 0 Å². The van der Waals surface area contributed by atoms with Crippen LogP contribution in [0.3, 0.4) is 0 Å². The molecule has 2 heterocycles. The Morgan fingerprint density at radius 3 is 2.79 bits per heavy atom. The first-order valence-corrected chi connectivity index (χ1v) is 9.46. The lowest BCUT2D eigenvalue weighted by Crippen LogP contribution is -2.41. The minimum absolute atomic E-state index is 0. The fraction of sp³-hybridized carbons (Fsp3) is 0.400. The topological polar surface area (TPSA) is 92.1 Å². The fourth-order valence-corrected chi connectivity index (χ4v) is 3.03. The highest BCUT2D eigenvalue weighted by Gasteiger charge is 2.08. The molecule has 8 nitrogen and oxygen atoms in total. The van der Waals surface area contributed by atoms with Crippen molar-refractivity contribution in [2.24, 2.45) is 12.0 Å². The number of anilines is 1. The number of aliphatic imine (C=N–C) groups is 1. The number of rotatable bonds is 7. The Morgan fingerprint density at radius 1 is 1.21 bits per heavy atom. The first kappa shape index (κ1) is 22.9. The smallest absolute Gasteiger partial charge is 0.191 e. The van der Waals surface area contributed by atoms with Gasteiger partial charge in [0, 0.05) is 33.7 Å². The van der Waals surface area contributed by atoms with Gasteiger partial charge in [-0.05, 0) is 18.4 Å². The molecule has 0 radical (unpaired) electrons. The number of aromatic nitrogens is 4. The molecular weight excluding hydrogens is 479 g/mol. The molecule has 0 aliphatic rings. The van der Waals surface area contributed by atoms with Gasteiger partial charge in [-0.3, -0.25) is 9.67 Å². The number of hydrogen-bond acceptors (Lipinski definition) is 5. The van der Waals surface area contributed by atoms with Gasteiger partial charge in [0.25, 0.3) is 0 Å². The van der Waals surface area contributed by atoms with E-state index < -0.39 is 0 Å². The number of fused-ring (bicyclic) bond motifs is 1. The molecule has 29 heavy (non-hydrogen) atoms. The second kappa shape index (κ2) is 10.9. The van der Waals surface area contributed by atoms with E-state index in [0.717, 1.165) is 29.4 Å². The second-order valence-electron chi connectivity index (χ2n) is 6.85. The van der Waals surface area contributed by atoms with E-state index in [1.165, 1.54) is 11.1 Å². The van der Waals surface area contributed by atoms with E-state index >= 15 is 0 Å². The van der Waals surface area contributed by atoms with Gasteiger partial charge in [0.15, 0.2) is 11.6 Å². The molecule has 0 saturated heterocycles. The molecule has 0 aliphatic heterocycles. The van der Waals surface area contributed by atoms with Crippen molar-refractivity contribution in [3.63, 3.8) is 0 Å². The molecule has 0 fully saturated rings. The summed E-state index contributed by atoms with van der Waals surface area (Å²) in [7, 11) is 3.65. The van der Waals surface area contributed by atoms with Crippen LogP contribution in [0.25, 0.3) is 11.0 Å². The molecule has 1 aromatic carbocycles. The molecule has 3 aromatic rings. The summed E-state index contributed by atoms with van der Waals surface area (Å²) < 4.78 is 1.74. The van der Waals surface area contributed by atoms with Crippen molar-refractivity contribution >= 4 is 46.8 Å². The number of nitrogens with zero attached hydrogens (tertiary/aromatic N) is 5. The third-order valence-electron chi connectivity index (χ3n) is 4.65. The average molecular weight is 508 g/mol. The predicted molar refractivity (Wildman–Crippen MR) is 129 cm³/mol. The fourth-order valence-electron chi connectivity index (χ4n) is 3.03. The summed E-state index contributed by atoms with van der Waals surface area (Å²) in [6.07, 6.45) is 3.32. The Hall–Kier alpha value is -2.43. The van der Waals surface area contributed by atoms with Crippen LogP contribution in [-0.4, -0.2) is 52.4 Å². The SMILES string of the molecule is CN=C(NCCNc1ncnc2c1cnn2C)NCC(C)c1cccc(C)c1.I. The van der Waals surface area contributed by atoms with Gasteiger partial charge in [0.05, 0.1) is 11.6 Å². The van der Waals surface area contributed by atoms with Gasteiger partial charge in [-0.25, -0.2) is 9.97 Å². The van der Waals surface area contributed by atoms with Crippen LogP contribution in [0.1, 0.15) is 24.0 Å². The summed E-state index contributed by atoms with van der Waals surface area (Å²) in [5.74, 6) is 1.97. The predicted octanol–water partition coefficient (Wildman–Crippen LogP) is 2.67. The summed E-state index contributed by atoms with van der Waals surface area (Å²) in [6.45, 7) is 6.57. The Balaban J connectivity index is 0.00000300. The zero-order chi connectivity index (χ0) is 19.9. The highest BCUT2D eigenvalue weighted by Crippen LogP contribution is 2.17. The lowest BCUT2D eigenvalue weighted by Gasteiger charge is -2.17. The average Bonchev–Trinajstić information content (AvgIpc) is 3.09. The lowest BCUT2D eigenvalue weighted by molar-refractivity contribution is 0.700. The normalized spacial score (nSPS) is 12.3. The molecular formula is C20H29IN8. The van der Waals surface area contributed by atoms with E-state index in [9.17, 15) is 0 Å². The molecule has 0 amide bonds. The number of halogens is 1. The highest BCUT2D eigenvalue weighted by atomic mass is 127. The maximum atomic E-state index is 4.31. The molecule has 0 saturated carbocycles. The third kappa shape index (κ3) is 6.02. The molecule has 1 unspecified atom stereocenters. The largest absolute Gasteiger partial charge is 0.368 e. The minimum Gasteiger partial charge on any atom is -0.368 e. The van der Waals surface area contributed by atoms with Crippen LogP contribution in [0.4, 0.5) is 5.82 Å². The Kier molecular flexibility index (Phi) is 8.62. The molecule has 0 bridgehead atoms. The molecule has 0 aliphatic carbocycles. The molecule has 9 heteroatoms. The van der Waals surface area contributed by atoms with Crippen LogP contribution >= 0.6 is 24.0 Å². The highest BCUT2D eigenvalue weighted by molar-refractivity contribution is 14.0. The molecule has 1 atom stereocenters. The van der Waals surface area contributed by atoms with Gasteiger partial charge in [-0.15, -0.1) is 24.0 Å². The van der Waals surface area contributed by atoms with E-state index in [2.05, 4.69) is 74.1 Å². The second-order valence-corrected chi connectivity index (χ2v) is 6.85. The maximum absolute atomic E-state index is 4.31. The van der Waals surface area contributed by atoms with Gasteiger partial charge in [-0.1, -0.05) is 36.8 Å². The number of nitrogens with one attached hydrogen (secondary N) is 3. The van der Waals surface area contributed by atoms with Crippen LogP contribution in [0.5, 0.6) is 0 Å². The van der Waals surface area contributed by atoms with Crippen LogP contribution in [0.15, 0.2) is 41.8 Å². The van der Waals surface area contributed by atoms with Crippen LogP contribution in [0.2, 0.25) is 0 Å². The van der Waals surface area contributed by atoms with Gasteiger partial charge in [0.2, 0.25) is 0 Å². The number of hydrogen-bond donors (Lipinski definition) is 3. The van der Waals surface area contributed by atoms with Crippen LogP contribution in [0, 0.1) is 6.92 Å². The van der Waals surface area contributed by atoms with Crippen LogP contribution in [-0.2, 0) is 7.05 Å². The summed E-state index contributed by atoms with van der Waals surface area (Å²) in [6, 6.07) is 8.62. The first-order valence-electron chi connectivity index (χ1n) is 9.46. The van der Waals surface area contributed by atoms with Crippen molar-refractivity contribution in [2.45, 2.75) is 19.8 Å².